The van der Waals surface area contributed by atoms with E-state index >= 15 is 0 Å². The summed E-state index contributed by atoms with van der Waals surface area (Å²) in [6, 6.07) is 0.0155. The standard InChI is InChI=1S/C16H29N3O4/c1-11-5-3-4-6-12(11)17-15(21)9-19-7-13(14(20)8-19)18(2)10-16(22)23/h11-14,20H,3-10H2,1-2H3,(H,17,21)(H,22,23)/t11-,12-,13-,14-/m1/s1. The van der Waals surface area contributed by atoms with Crippen LogP contribution in [0.1, 0.15) is 32.6 Å². The van der Waals surface area contributed by atoms with Crippen molar-refractivity contribution in [2.75, 3.05) is 33.2 Å². The van der Waals surface area contributed by atoms with Crippen LogP contribution in [0.25, 0.3) is 0 Å². The van der Waals surface area contributed by atoms with Crippen LogP contribution in [0.5, 0.6) is 0 Å². The number of carbonyl (C=O) groups is 2. The molecule has 23 heavy (non-hydrogen) atoms. The van der Waals surface area contributed by atoms with Gasteiger partial charge in [-0.1, -0.05) is 19.8 Å². The summed E-state index contributed by atoms with van der Waals surface area (Å²) in [5.41, 5.74) is 0. The lowest BCUT2D eigenvalue weighted by molar-refractivity contribution is -0.138. The zero-order chi connectivity index (χ0) is 17.0. The van der Waals surface area contributed by atoms with Crippen LogP contribution in [0, 0.1) is 5.92 Å². The number of amides is 1. The van der Waals surface area contributed by atoms with E-state index in [2.05, 4.69) is 12.2 Å². The molecule has 0 unspecified atom stereocenters. The number of aliphatic hydroxyl groups excluding tert-OH is 1. The lowest BCUT2D eigenvalue weighted by Gasteiger charge is -2.30. The van der Waals surface area contributed by atoms with Gasteiger partial charge in [0.2, 0.25) is 5.91 Å². The van der Waals surface area contributed by atoms with E-state index in [-0.39, 0.29) is 31.1 Å². The minimum atomic E-state index is -0.915. The molecule has 0 bridgehead atoms. The van der Waals surface area contributed by atoms with Gasteiger partial charge in [-0.15, -0.1) is 0 Å². The molecule has 1 amide bonds. The number of hydrogen-bond donors (Lipinski definition) is 3. The fraction of sp³-hybridized carbons (Fsp3) is 0.875. The number of hydrogen-bond acceptors (Lipinski definition) is 5. The average Bonchev–Trinajstić information content (AvgIpc) is 2.81. The van der Waals surface area contributed by atoms with Gasteiger partial charge in [-0.3, -0.25) is 19.4 Å². The summed E-state index contributed by atoms with van der Waals surface area (Å²) in [5, 5.41) is 22.1. The van der Waals surface area contributed by atoms with E-state index in [0.29, 0.717) is 19.0 Å². The summed E-state index contributed by atoms with van der Waals surface area (Å²) in [4.78, 5) is 26.5. The molecule has 7 heteroatoms. The van der Waals surface area contributed by atoms with Crippen molar-refractivity contribution in [2.24, 2.45) is 5.92 Å². The monoisotopic (exact) mass is 327 g/mol. The topological polar surface area (TPSA) is 93.1 Å². The summed E-state index contributed by atoms with van der Waals surface area (Å²) in [5.74, 6) is -0.397. The van der Waals surface area contributed by atoms with Gasteiger partial charge in [-0.25, -0.2) is 0 Å². The quantitative estimate of drug-likeness (QED) is 0.623. The van der Waals surface area contributed by atoms with Gasteiger partial charge in [0.15, 0.2) is 0 Å². The Bertz CT molecular complexity index is 432. The molecule has 1 saturated heterocycles. The summed E-state index contributed by atoms with van der Waals surface area (Å²) < 4.78 is 0. The van der Waals surface area contributed by atoms with Crippen LogP contribution in [0.2, 0.25) is 0 Å². The van der Waals surface area contributed by atoms with Crippen molar-refractivity contribution in [2.45, 2.75) is 50.8 Å². The van der Waals surface area contributed by atoms with Gasteiger partial charge in [0.05, 0.1) is 19.2 Å². The summed E-state index contributed by atoms with van der Waals surface area (Å²) >= 11 is 0. The first-order valence-corrected chi connectivity index (χ1v) is 8.48. The molecule has 0 spiro atoms. The predicted octanol–water partition coefficient (Wildman–Crippen LogP) is -0.257. The third kappa shape index (κ3) is 5.16. The maximum atomic E-state index is 12.2. The molecule has 1 aliphatic carbocycles. The van der Waals surface area contributed by atoms with Gasteiger partial charge in [0.1, 0.15) is 0 Å². The van der Waals surface area contributed by atoms with Gasteiger partial charge in [-0.05, 0) is 25.8 Å². The van der Waals surface area contributed by atoms with E-state index in [0.717, 1.165) is 12.8 Å². The molecule has 4 atom stereocenters. The maximum absolute atomic E-state index is 12.2. The Hall–Kier alpha value is -1.18. The first-order valence-electron chi connectivity index (χ1n) is 8.48. The van der Waals surface area contributed by atoms with Gasteiger partial charge >= 0.3 is 5.97 Å². The molecule has 0 aromatic rings. The SMILES string of the molecule is C[C@@H]1CCCC[C@H]1NC(=O)CN1C[C@@H](O)[C@H](N(C)CC(=O)O)C1. The van der Waals surface area contributed by atoms with Crippen molar-refractivity contribution in [1.29, 1.82) is 0 Å². The molecule has 2 fully saturated rings. The predicted molar refractivity (Wildman–Crippen MR) is 86.1 cm³/mol. The van der Waals surface area contributed by atoms with E-state index < -0.39 is 12.1 Å². The zero-order valence-electron chi connectivity index (χ0n) is 14.1. The molecule has 0 aromatic carbocycles. The highest BCUT2D eigenvalue weighted by Gasteiger charge is 2.35. The smallest absolute Gasteiger partial charge is 0.317 e. The van der Waals surface area contributed by atoms with Crippen molar-refractivity contribution >= 4 is 11.9 Å². The molecule has 0 radical (unpaired) electrons. The molecular formula is C16H29N3O4. The van der Waals surface area contributed by atoms with Crippen LogP contribution < -0.4 is 5.32 Å². The number of carboxylic acid groups (broad SMARTS) is 1. The largest absolute Gasteiger partial charge is 0.480 e. The van der Waals surface area contributed by atoms with E-state index in [9.17, 15) is 14.7 Å². The number of nitrogens with zero attached hydrogens (tertiary/aromatic N) is 2. The first-order chi connectivity index (χ1) is 10.9. The van der Waals surface area contributed by atoms with E-state index in [1.54, 1.807) is 11.9 Å². The normalized spacial score (nSPS) is 32.2. The van der Waals surface area contributed by atoms with Gasteiger partial charge in [0, 0.05) is 25.2 Å². The molecule has 132 valence electrons. The minimum Gasteiger partial charge on any atom is -0.480 e. The van der Waals surface area contributed by atoms with Gasteiger partial charge < -0.3 is 15.5 Å². The highest BCUT2D eigenvalue weighted by molar-refractivity contribution is 5.78. The second kappa shape index (κ2) is 8.08. The molecular weight excluding hydrogens is 298 g/mol. The number of rotatable bonds is 6. The zero-order valence-corrected chi connectivity index (χ0v) is 14.1. The van der Waals surface area contributed by atoms with E-state index in [4.69, 9.17) is 5.11 Å². The van der Waals surface area contributed by atoms with Crippen LogP contribution in [-0.4, -0.2) is 83.3 Å². The molecule has 2 rings (SSSR count). The molecule has 0 aromatic heterocycles. The van der Waals surface area contributed by atoms with E-state index in [1.165, 1.54) is 12.8 Å². The lowest BCUT2D eigenvalue weighted by atomic mass is 9.86. The Labute approximate surface area is 137 Å². The number of carbonyl (C=O) groups excluding carboxylic acids is 1. The Morgan fingerprint density at radius 3 is 2.61 bits per heavy atom. The average molecular weight is 327 g/mol. The molecule has 1 heterocycles. The number of carboxylic acids is 1. The Morgan fingerprint density at radius 1 is 1.26 bits per heavy atom. The maximum Gasteiger partial charge on any atom is 0.317 e. The number of likely N-dealkylation sites (N-methyl/N-ethyl adjacent to an activating group) is 1. The number of β-amino-alcohol motifs (C(OH)–C–C–N with tert-alkyl or cyclic N) is 1. The minimum absolute atomic E-state index is 0.00233. The second-order valence-electron chi connectivity index (χ2n) is 7.07. The lowest BCUT2D eigenvalue weighted by Crippen LogP contribution is -2.46. The summed E-state index contributed by atoms with van der Waals surface area (Å²) in [7, 11) is 1.69. The van der Waals surface area contributed by atoms with Crippen molar-refractivity contribution in [3.8, 4) is 0 Å². The Morgan fingerprint density at radius 2 is 1.96 bits per heavy atom. The van der Waals surface area contributed by atoms with Crippen LogP contribution in [0.3, 0.4) is 0 Å². The molecule has 7 nitrogen and oxygen atoms in total. The van der Waals surface area contributed by atoms with Crippen molar-refractivity contribution in [1.82, 2.24) is 15.1 Å². The number of likely N-dealkylation sites (tertiary alicyclic amines) is 1. The highest BCUT2D eigenvalue weighted by Crippen LogP contribution is 2.23. The van der Waals surface area contributed by atoms with Crippen LogP contribution in [0.4, 0.5) is 0 Å². The van der Waals surface area contributed by atoms with Gasteiger partial charge in [0.25, 0.3) is 0 Å². The molecule has 1 aliphatic heterocycles. The Kier molecular flexibility index (Phi) is 6.38. The van der Waals surface area contributed by atoms with Crippen molar-refractivity contribution in [3.05, 3.63) is 0 Å². The third-order valence-electron chi connectivity index (χ3n) is 5.11. The number of nitrogens with one attached hydrogen (secondary N) is 1. The molecule has 1 saturated carbocycles. The van der Waals surface area contributed by atoms with E-state index in [1.807, 2.05) is 4.90 Å². The highest BCUT2D eigenvalue weighted by atomic mass is 16.4. The molecule has 2 aliphatic rings. The molecule has 3 N–H and O–H groups in total. The van der Waals surface area contributed by atoms with Crippen molar-refractivity contribution in [3.63, 3.8) is 0 Å². The van der Waals surface area contributed by atoms with Crippen LogP contribution >= 0.6 is 0 Å². The van der Waals surface area contributed by atoms with Crippen LogP contribution in [0.15, 0.2) is 0 Å². The third-order valence-corrected chi connectivity index (χ3v) is 5.11. The van der Waals surface area contributed by atoms with Crippen molar-refractivity contribution < 1.29 is 19.8 Å². The fourth-order valence-electron chi connectivity index (χ4n) is 3.73. The fourth-order valence-corrected chi connectivity index (χ4v) is 3.73. The van der Waals surface area contributed by atoms with Gasteiger partial charge in [-0.2, -0.15) is 0 Å². The van der Waals surface area contributed by atoms with Crippen LogP contribution in [-0.2, 0) is 9.59 Å². The summed E-state index contributed by atoms with van der Waals surface area (Å²) in [6.07, 6.45) is 3.98. The summed E-state index contributed by atoms with van der Waals surface area (Å²) in [6.45, 7) is 3.25. The number of aliphatic carboxylic acids is 1. The second-order valence-corrected chi connectivity index (χ2v) is 7.07. The Balaban J connectivity index is 1.79. The number of aliphatic hydroxyl groups is 1. The first kappa shape index (κ1) is 18.2.